The molecule has 1 atom stereocenters. The number of aromatic nitrogens is 1. The number of carbonyl (C=O) groups excluding carboxylic acids is 1. The van der Waals surface area contributed by atoms with Gasteiger partial charge in [-0.2, -0.15) is 0 Å². The molecule has 6 heteroatoms. The van der Waals surface area contributed by atoms with Gasteiger partial charge in [0.2, 0.25) is 5.91 Å². The number of aryl methyl sites for hydroxylation is 1. The van der Waals surface area contributed by atoms with Gasteiger partial charge in [0.15, 0.2) is 5.58 Å². The first-order valence-electron chi connectivity index (χ1n) is 7.88. The summed E-state index contributed by atoms with van der Waals surface area (Å²) in [7, 11) is 1.63. The zero-order valence-electron chi connectivity index (χ0n) is 14.1. The van der Waals surface area contributed by atoms with E-state index >= 15 is 0 Å². The van der Waals surface area contributed by atoms with Gasteiger partial charge in [-0.3, -0.25) is 9.36 Å². The minimum atomic E-state index is -0.420. The van der Waals surface area contributed by atoms with Crippen LogP contribution in [-0.2, 0) is 16.6 Å². The smallest absolute Gasteiger partial charge is 0.408 e. The molecule has 0 bridgehead atoms. The van der Waals surface area contributed by atoms with Crippen LogP contribution in [0.1, 0.15) is 33.6 Å². The molecule has 1 amide bonds. The number of ether oxygens (including phenoxy) is 1. The van der Waals surface area contributed by atoms with Crippen LogP contribution in [0.5, 0.6) is 0 Å². The highest BCUT2D eigenvalue weighted by Crippen LogP contribution is 2.18. The van der Waals surface area contributed by atoms with Crippen molar-refractivity contribution in [1.29, 1.82) is 0 Å². The molecule has 1 heterocycles. The van der Waals surface area contributed by atoms with E-state index in [-0.39, 0.29) is 12.0 Å². The topological polar surface area (TPSA) is 73.5 Å². The first kappa shape index (κ1) is 17.3. The number of hydrogen-bond acceptors (Lipinski definition) is 4. The van der Waals surface area contributed by atoms with Gasteiger partial charge in [-0.05, 0) is 37.5 Å². The molecule has 1 aromatic heterocycles. The summed E-state index contributed by atoms with van der Waals surface area (Å²) in [6.07, 6.45) is 1.43. The number of fused-ring (bicyclic) bond motifs is 1. The summed E-state index contributed by atoms with van der Waals surface area (Å²) in [6, 6.07) is 5.11. The fraction of sp³-hybridized carbons (Fsp3) is 0.529. The highest BCUT2D eigenvalue weighted by Gasteiger charge is 2.10. The van der Waals surface area contributed by atoms with Gasteiger partial charge in [0.05, 0.1) is 24.6 Å². The number of rotatable bonds is 7. The third-order valence-corrected chi connectivity index (χ3v) is 3.61. The zero-order chi connectivity index (χ0) is 17.0. The molecule has 23 heavy (non-hydrogen) atoms. The number of amides is 1. The summed E-state index contributed by atoms with van der Waals surface area (Å²) in [4.78, 5) is 23.4. The van der Waals surface area contributed by atoms with Crippen molar-refractivity contribution in [2.75, 3.05) is 11.9 Å². The van der Waals surface area contributed by atoms with Crippen LogP contribution in [-0.4, -0.2) is 23.2 Å². The maximum absolute atomic E-state index is 12.0. The SMILES string of the molecule is CC(C)C[C@H](C)OCCC(=O)Nc1ccc2oc(=O)n(C)c2c1. The number of benzene rings is 1. The van der Waals surface area contributed by atoms with Gasteiger partial charge < -0.3 is 14.5 Å². The standard InChI is InChI=1S/C17H24N2O4/c1-11(2)9-12(3)22-8-7-16(20)18-13-5-6-15-14(10-13)19(4)17(21)23-15/h5-6,10-12H,7-9H2,1-4H3,(H,18,20)/t12-/m0/s1. The predicted molar refractivity (Wildman–Crippen MR) is 89.6 cm³/mol. The van der Waals surface area contributed by atoms with Crippen LogP contribution in [0, 0.1) is 5.92 Å². The highest BCUT2D eigenvalue weighted by atomic mass is 16.5. The van der Waals surface area contributed by atoms with Crippen LogP contribution in [0.2, 0.25) is 0 Å². The molecule has 1 aromatic carbocycles. The van der Waals surface area contributed by atoms with Gasteiger partial charge in [0.25, 0.3) is 0 Å². The molecular formula is C17H24N2O4. The average molecular weight is 320 g/mol. The molecule has 0 aliphatic heterocycles. The minimum absolute atomic E-state index is 0.116. The molecule has 2 aromatic rings. The Morgan fingerprint density at radius 3 is 2.78 bits per heavy atom. The van der Waals surface area contributed by atoms with E-state index in [0.717, 1.165) is 6.42 Å². The van der Waals surface area contributed by atoms with E-state index in [1.807, 2.05) is 6.92 Å². The van der Waals surface area contributed by atoms with Gasteiger partial charge in [0.1, 0.15) is 0 Å². The van der Waals surface area contributed by atoms with E-state index in [4.69, 9.17) is 9.15 Å². The molecule has 0 saturated heterocycles. The van der Waals surface area contributed by atoms with Crippen molar-refractivity contribution < 1.29 is 13.9 Å². The van der Waals surface area contributed by atoms with E-state index < -0.39 is 5.76 Å². The maximum atomic E-state index is 12.0. The number of oxazole rings is 1. The molecule has 1 N–H and O–H groups in total. The summed E-state index contributed by atoms with van der Waals surface area (Å²) in [5, 5.41) is 2.81. The van der Waals surface area contributed by atoms with Gasteiger partial charge in [-0.25, -0.2) is 4.79 Å². The van der Waals surface area contributed by atoms with E-state index in [0.29, 0.717) is 35.7 Å². The lowest BCUT2D eigenvalue weighted by atomic mass is 10.1. The van der Waals surface area contributed by atoms with Crippen LogP contribution in [0.4, 0.5) is 5.69 Å². The predicted octanol–water partition coefficient (Wildman–Crippen LogP) is 2.91. The largest absolute Gasteiger partial charge is 0.419 e. The first-order valence-corrected chi connectivity index (χ1v) is 7.88. The summed E-state index contributed by atoms with van der Waals surface area (Å²) >= 11 is 0. The second kappa shape index (κ2) is 7.46. The normalized spacial score (nSPS) is 12.7. The molecule has 0 fully saturated rings. The summed E-state index contributed by atoms with van der Waals surface area (Å²) in [6.45, 7) is 6.70. The van der Waals surface area contributed by atoms with Crippen LogP contribution < -0.4 is 11.1 Å². The molecule has 2 rings (SSSR count). The molecule has 0 spiro atoms. The second-order valence-electron chi connectivity index (χ2n) is 6.22. The van der Waals surface area contributed by atoms with Crippen molar-refractivity contribution in [3.05, 3.63) is 28.7 Å². The van der Waals surface area contributed by atoms with E-state index in [9.17, 15) is 9.59 Å². The van der Waals surface area contributed by atoms with Gasteiger partial charge in [-0.15, -0.1) is 0 Å². The lowest BCUT2D eigenvalue weighted by molar-refractivity contribution is -0.117. The number of nitrogens with one attached hydrogen (secondary N) is 1. The molecule has 0 saturated carbocycles. The van der Waals surface area contributed by atoms with E-state index in [1.54, 1.807) is 25.2 Å². The molecule has 0 radical (unpaired) electrons. The fourth-order valence-corrected chi connectivity index (χ4v) is 2.51. The van der Waals surface area contributed by atoms with Crippen LogP contribution in [0.3, 0.4) is 0 Å². The van der Waals surface area contributed by atoms with Crippen molar-refractivity contribution in [3.63, 3.8) is 0 Å². The fourth-order valence-electron chi connectivity index (χ4n) is 2.51. The van der Waals surface area contributed by atoms with Gasteiger partial charge in [0, 0.05) is 12.7 Å². The summed E-state index contributed by atoms with van der Waals surface area (Å²) in [5.74, 6) is 0.0396. The van der Waals surface area contributed by atoms with Crippen molar-refractivity contribution in [2.24, 2.45) is 13.0 Å². The number of hydrogen-bond donors (Lipinski definition) is 1. The number of carbonyl (C=O) groups is 1. The number of anilines is 1. The van der Waals surface area contributed by atoms with Crippen LogP contribution >= 0.6 is 0 Å². The highest BCUT2D eigenvalue weighted by molar-refractivity contribution is 5.92. The molecule has 0 unspecified atom stereocenters. The van der Waals surface area contributed by atoms with Crippen LogP contribution in [0.15, 0.2) is 27.4 Å². The van der Waals surface area contributed by atoms with E-state index in [1.165, 1.54) is 4.57 Å². The van der Waals surface area contributed by atoms with Crippen molar-refractivity contribution in [1.82, 2.24) is 4.57 Å². The van der Waals surface area contributed by atoms with E-state index in [2.05, 4.69) is 19.2 Å². The molecule has 6 nitrogen and oxygen atoms in total. The van der Waals surface area contributed by atoms with Crippen LogP contribution in [0.25, 0.3) is 11.1 Å². The lowest BCUT2D eigenvalue weighted by Crippen LogP contribution is -2.18. The monoisotopic (exact) mass is 320 g/mol. The Hall–Kier alpha value is -2.08. The van der Waals surface area contributed by atoms with Gasteiger partial charge >= 0.3 is 5.76 Å². The summed E-state index contributed by atoms with van der Waals surface area (Å²) in [5.41, 5.74) is 1.78. The Morgan fingerprint density at radius 1 is 1.35 bits per heavy atom. The third kappa shape index (κ3) is 4.69. The Bertz CT molecular complexity index is 730. The Labute approximate surface area is 135 Å². The minimum Gasteiger partial charge on any atom is -0.408 e. The maximum Gasteiger partial charge on any atom is 0.419 e. The molecule has 0 aliphatic carbocycles. The molecular weight excluding hydrogens is 296 g/mol. The zero-order valence-corrected chi connectivity index (χ0v) is 14.1. The Morgan fingerprint density at radius 2 is 2.09 bits per heavy atom. The average Bonchev–Trinajstić information content (AvgIpc) is 2.73. The Kier molecular flexibility index (Phi) is 5.60. The van der Waals surface area contributed by atoms with Crippen molar-refractivity contribution >= 4 is 22.7 Å². The summed E-state index contributed by atoms with van der Waals surface area (Å²) < 4.78 is 12.1. The molecule has 126 valence electrons. The first-order chi connectivity index (χ1) is 10.9. The lowest BCUT2D eigenvalue weighted by Gasteiger charge is -2.14. The third-order valence-electron chi connectivity index (χ3n) is 3.61. The van der Waals surface area contributed by atoms with Crippen molar-refractivity contribution in [2.45, 2.75) is 39.7 Å². The quantitative estimate of drug-likeness (QED) is 0.851. The van der Waals surface area contributed by atoms with Gasteiger partial charge in [-0.1, -0.05) is 13.8 Å². The Balaban J connectivity index is 1.88. The second-order valence-corrected chi connectivity index (χ2v) is 6.22. The number of nitrogens with zero attached hydrogens (tertiary/aromatic N) is 1. The van der Waals surface area contributed by atoms with Crippen molar-refractivity contribution in [3.8, 4) is 0 Å². The molecule has 0 aliphatic rings.